The molecule has 0 saturated carbocycles. The Labute approximate surface area is 168 Å². The van der Waals surface area contributed by atoms with Crippen LogP contribution < -0.4 is 4.90 Å². The van der Waals surface area contributed by atoms with Gasteiger partial charge in [0.25, 0.3) is 0 Å². The molecule has 0 unspecified atom stereocenters. The fourth-order valence-electron chi connectivity index (χ4n) is 3.96. The predicted molar refractivity (Wildman–Crippen MR) is 109 cm³/mol. The zero-order valence-corrected chi connectivity index (χ0v) is 16.9. The van der Waals surface area contributed by atoms with E-state index in [9.17, 15) is 13.2 Å². The average Bonchev–Trinajstić information content (AvgIpc) is 3.12. The highest BCUT2D eigenvalue weighted by atomic mass is 32.2. The number of sulfone groups is 1. The minimum Gasteiger partial charge on any atom is -0.314 e. The van der Waals surface area contributed by atoms with E-state index < -0.39 is 15.9 Å². The Morgan fingerprint density at radius 1 is 1.14 bits per heavy atom. The summed E-state index contributed by atoms with van der Waals surface area (Å²) < 4.78 is 24.7. The standard InChI is InChI=1S/C20H19N3O3S2/c1-27-17-7-3-6-16(9-17)23-19-13-28(25,26)12-18(19)22(20(23)24)11-15-5-2-4-14(8-15)10-21/h2-9,18-19H,11-13H2,1H3/t18-,19+/m0/s1. The van der Waals surface area contributed by atoms with Gasteiger partial charge in [0.1, 0.15) is 0 Å². The Morgan fingerprint density at radius 3 is 2.64 bits per heavy atom. The van der Waals surface area contributed by atoms with Crippen molar-refractivity contribution in [3.63, 3.8) is 0 Å². The van der Waals surface area contributed by atoms with Crippen molar-refractivity contribution in [2.45, 2.75) is 23.5 Å². The minimum atomic E-state index is -3.22. The summed E-state index contributed by atoms with van der Waals surface area (Å²) in [6, 6.07) is 15.8. The first-order chi connectivity index (χ1) is 13.4. The maximum Gasteiger partial charge on any atom is 0.325 e. The highest BCUT2D eigenvalue weighted by Crippen LogP contribution is 2.37. The molecule has 2 fully saturated rings. The summed E-state index contributed by atoms with van der Waals surface area (Å²) in [5.41, 5.74) is 2.05. The number of benzene rings is 2. The lowest BCUT2D eigenvalue weighted by Gasteiger charge is -2.23. The van der Waals surface area contributed by atoms with E-state index in [0.29, 0.717) is 5.56 Å². The molecule has 2 atom stereocenters. The van der Waals surface area contributed by atoms with E-state index in [1.807, 2.05) is 36.6 Å². The number of nitrogens with zero attached hydrogens (tertiary/aromatic N) is 3. The van der Waals surface area contributed by atoms with Crippen molar-refractivity contribution in [1.29, 1.82) is 5.26 Å². The van der Waals surface area contributed by atoms with E-state index in [1.54, 1.807) is 39.8 Å². The molecule has 2 heterocycles. The molecule has 2 aliphatic heterocycles. The van der Waals surface area contributed by atoms with Crippen LogP contribution in [0.15, 0.2) is 53.4 Å². The summed E-state index contributed by atoms with van der Waals surface area (Å²) in [7, 11) is -3.22. The molecule has 8 heteroatoms. The average molecular weight is 414 g/mol. The lowest BCUT2D eigenvalue weighted by Crippen LogP contribution is -2.37. The van der Waals surface area contributed by atoms with Gasteiger partial charge in [0.15, 0.2) is 9.84 Å². The molecule has 2 aliphatic rings. The lowest BCUT2D eigenvalue weighted by atomic mass is 10.1. The number of thioether (sulfide) groups is 1. The van der Waals surface area contributed by atoms with Crippen LogP contribution in [-0.4, -0.2) is 49.2 Å². The van der Waals surface area contributed by atoms with E-state index in [2.05, 4.69) is 6.07 Å². The van der Waals surface area contributed by atoms with Crippen LogP contribution in [0.25, 0.3) is 0 Å². The Bertz CT molecular complexity index is 1080. The highest BCUT2D eigenvalue weighted by Gasteiger charge is 2.53. The van der Waals surface area contributed by atoms with Gasteiger partial charge in [-0.2, -0.15) is 5.26 Å². The molecule has 2 saturated heterocycles. The van der Waals surface area contributed by atoms with Crippen molar-refractivity contribution in [2.24, 2.45) is 0 Å². The molecule has 28 heavy (non-hydrogen) atoms. The summed E-state index contributed by atoms with van der Waals surface area (Å²) in [6.07, 6.45) is 1.96. The van der Waals surface area contributed by atoms with Crippen LogP contribution in [0.1, 0.15) is 11.1 Å². The van der Waals surface area contributed by atoms with Gasteiger partial charge < -0.3 is 4.90 Å². The molecule has 2 aromatic carbocycles. The van der Waals surface area contributed by atoms with Crippen LogP contribution in [0.3, 0.4) is 0 Å². The maximum atomic E-state index is 13.3. The molecule has 2 amide bonds. The van der Waals surface area contributed by atoms with E-state index >= 15 is 0 Å². The molecule has 0 aromatic heterocycles. The topological polar surface area (TPSA) is 81.5 Å². The molecule has 0 N–H and O–H groups in total. The molecule has 4 rings (SSSR count). The van der Waals surface area contributed by atoms with Gasteiger partial charge in [-0.25, -0.2) is 13.2 Å². The molecule has 144 valence electrons. The molecule has 0 bridgehead atoms. The molecular weight excluding hydrogens is 394 g/mol. The Hall–Kier alpha value is -2.50. The van der Waals surface area contributed by atoms with Crippen LogP contribution in [0.2, 0.25) is 0 Å². The SMILES string of the molecule is CSc1cccc(N2C(=O)N(Cc3cccc(C#N)c3)[C@H]3CS(=O)(=O)C[C@H]32)c1. The van der Waals surface area contributed by atoms with Crippen molar-refractivity contribution in [2.75, 3.05) is 22.7 Å². The molecule has 0 aliphatic carbocycles. The summed E-state index contributed by atoms with van der Waals surface area (Å²) in [6.45, 7) is 0.282. The number of carbonyl (C=O) groups is 1. The summed E-state index contributed by atoms with van der Waals surface area (Å²) >= 11 is 1.58. The lowest BCUT2D eigenvalue weighted by molar-refractivity contribution is 0.206. The van der Waals surface area contributed by atoms with Gasteiger partial charge in [-0.05, 0) is 42.2 Å². The van der Waals surface area contributed by atoms with Gasteiger partial charge in [0.05, 0.1) is 35.2 Å². The molecule has 0 radical (unpaired) electrons. The Kier molecular flexibility index (Phi) is 4.81. The zero-order chi connectivity index (χ0) is 19.9. The number of nitriles is 1. The second-order valence-electron chi connectivity index (χ2n) is 7.01. The van der Waals surface area contributed by atoms with Crippen molar-refractivity contribution in [3.8, 4) is 6.07 Å². The first-order valence-corrected chi connectivity index (χ1v) is 11.9. The van der Waals surface area contributed by atoms with Crippen molar-refractivity contribution in [3.05, 3.63) is 59.7 Å². The number of carbonyl (C=O) groups excluding carboxylic acids is 1. The normalized spacial score (nSPS) is 22.9. The van der Waals surface area contributed by atoms with E-state index in [4.69, 9.17) is 5.26 Å². The van der Waals surface area contributed by atoms with Gasteiger partial charge in [0.2, 0.25) is 0 Å². The van der Waals surface area contributed by atoms with Crippen LogP contribution in [0, 0.1) is 11.3 Å². The maximum absolute atomic E-state index is 13.3. The third-order valence-electron chi connectivity index (χ3n) is 5.22. The van der Waals surface area contributed by atoms with Gasteiger partial charge >= 0.3 is 6.03 Å². The third-order valence-corrected chi connectivity index (χ3v) is 7.64. The van der Waals surface area contributed by atoms with Crippen molar-refractivity contribution < 1.29 is 13.2 Å². The second-order valence-corrected chi connectivity index (χ2v) is 10.0. The molecule has 6 nitrogen and oxygen atoms in total. The fourth-order valence-corrected chi connectivity index (χ4v) is 6.36. The van der Waals surface area contributed by atoms with Crippen LogP contribution >= 0.6 is 11.8 Å². The fraction of sp³-hybridized carbons (Fsp3) is 0.300. The molecule has 0 spiro atoms. The predicted octanol–water partition coefficient (Wildman–Crippen LogP) is 2.89. The van der Waals surface area contributed by atoms with E-state index in [-0.39, 0.29) is 30.1 Å². The number of hydrogen-bond acceptors (Lipinski definition) is 5. The summed E-state index contributed by atoms with van der Waals surface area (Å²) in [5.74, 6) is -0.0539. The van der Waals surface area contributed by atoms with Crippen LogP contribution in [0.5, 0.6) is 0 Å². The van der Waals surface area contributed by atoms with E-state index in [0.717, 1.165) is 16.1 Å². The minimum absolute atomic E-state index is 0.0262. The Morgan fingerprint density at radius 2 is 1.89 bits per heavy atom. The Balaban J connectivity index is 1.71. The largest absolute Gasteiger partial charge is 0.325 e. The van der Waals surface area contributed by atoms with Gasteiger partial charge in [-0.3, -0.25) is 4.90 Å². The number of fused-ring (bicyclic) bond motifs is 1. The van der Waals surface area contributed by atoms with Crippen LogP contribution in [-0.2, 0) is 16.4 Å². The monoisotopic (exact) mass is 413 g/mol. The third kappa shape index (κ3) is 3.36. The highest BCUT2D eigenvalue weighted by molar-refractivity contribution is 7.98. The molecular formula is C20H19N3O3S2. The van der Waals surface area contributed by atoms with Gasteiger partial charge in [0, 0.05) is 17.1 Å². The van der Waals surface area contributed by atoms with E-state index in [1.165, 1.54) is 0 Å². The van der Waals surface area contributed by atoms with Gasteiger partial charge in [-0.15, -0.1) is 11.8 Å². The van der Waals surface area contributed by atoms with Gasteiger partial charge in [-0.1, -0.05) is 18.2 Å². The molecule has 2 aromatic rings. The first-order valence-electron chi connectivity index (χ1n) is 8.85. The van der Waals surface area contributed by atoms with Crippen molar-refractivity contribution >= 4 is 33.3 Å². The quantitative estimate of drug-likeness (QED) is 0.569. The number of amides is 2. The second kappa shape index (κ2) is 7.15. The zero-order valence-electron chi connectivity index (χ0n) is 15.3. The number of rotatable bonds is 4. The summed E-state index contributed by atoms with van der Waals surface area (Å²) in [4.78, 5) is 17.6. The van der Waals surface area contributed by atoms with Crippen molar-refractivity contribution in [1.82, 2.24) is 4.90 Å². The first kappa shape index (κ1) is 18.8. The van der Waals surface area contributed by atoms with Crippen LogP contribution in [0.4, 0.5) is 10.5 Å². The number of hydrogen-bond donors (Lipinski definition) is 0. The number of urea groups is 1. The number of anilines is 1. The smallest absolute Gasteiger partial charge is 0.314 e. The summed E-state index contributed by atoms with van der Waals surface area (Å²) in [5, 5.41) is 9.11.